The van der Waals surface area contributed by atoms with E-state index in [1.807, 2.05) is 12.1 Å². The molecule has 0 saturated carbocycles. The van der Waals surface area contributed by atoms with E-state index in [-0.39, 0.29) is 6.42 Å². The average Bonchev–Trinajstić information content (AvgIpc) is 2.84. The van der Waals surface area contributed by atoms with Gasteiger partial charge in [0.2, 0.25) is 0 Å². The maximum absolute atomic E-state index is 10.5. The van der Waals surface area contributed by atoms with Crippen molar-refractivity contribution in [3.8, 4) is 0 Å². The second-order valence-corrected chi connectivity index (χ2v) is 5.46. The van der Waals surface area contributed by atoms with Gasteiger partial charge in [-0.25, -0.2) is 0 Å². The van der Waals surface area contributed by atoms with E-state index in [9.17, 15) is 9.90 Å². The van der Waals surface area contributed by atoms with Crippen molar-refractivity contribution < 1.29 is 15.0 Å². The molecule has 1 unspecified atom stereocenters. The molecule has 0 fully saturated rings. The van der Waals surface area contributed by atoms with E-state index >= 15 is 0 Å². The molecule has 104 valence electrons. The van der Waals surface area contributed by atoms with E-state index in [0.717, 1.165) is 23.8 Å². The zero-order valence-electron chi connectivity index (χ0n) is 11.3. The van der Waals surface area contributed by atoms with Crippen LogP contribution in [-0.4, -0.2) is 16.2 Å². The first-order valence-electron chi connectivity index (χ1n) is 7.10. The molecule has 0 radical (unpaired) electrons. The normalized spacial score (nSPS) is 14.7. The maximum atomic E-state index is 10.5. The van der Waals surface area contributed by atoms with Gasteiger partial charge in [-0.15, -0.1) is 0 Å². The van der Waals surface area contributed by atoms with E-state index in [2.05, 4.69) is 18.2 Å². The molecule has 20 heavy (non-hydrogen) atoms. The summed E-state index contributed by atoms with van der Waals surface area (Å²) in [6.07, 6.45) is 2.67. The standard InChI is InChI=1S/C17H18O3/c18-15(5-2-6-16(19)20)13-10-9-12-8-7-11-3-1-4-14(13)17(11)12/h1,3-4,9-10,15,18H,2,5-8H2,(H,19,20). The number of benzene rings is 2. The third-order valence-corrected chi connectivity index (χ3v) is 4.14. The minimum atomic E-state index is -0.808. The fourth-order valence-corrected chi connectivity index (χ4v) is 3.16. The smallest absolute Gasteiger partial charge is 0.303 e. The Hall–Kier alpha value is -1.87. The van der Waals surface area contributed by atoms with Crippen molar-refractivity contribution in [1.29, 1.82) is 0 Å². The highest BCUT2D eigenvalue weighted by Crippen LogP contribution is 2.35. The van der Waals surface area contributed by atoms with Crippen LogP contribution in [0.3, 0.4) is 0 Å². The van der Waals surface area contributed by atoms with E-state index in [1.165, 1.54) is 16.5 Å². The van der Waals surface area contributed by atoms with Crippen molar-refractivity contribution in [3.63, 3.8) is 0 Å². The average molecular weight is 270 g/mol. The third-order valence-electron chi connectivity index (χ3n) is 4.14. The van der Waals surface area contributed by atoms with Crippen LogP contribution in [0.15, 0.2) is 30.3 Å². The molecule has 3 heteroatoms. The molecule has 0 spiro atoms. The molecule has 1 aliphatic carbocycles. The Bertz CT molecular complexity index is 650. The highest BCUT2D eigenvalue weighted by Gasteiger charge is 2.18. The third kappa shape index (κ3) is 2.29. The zero-order chi connectivity index (χ0) is 14.1. The first-order valence-corrected chi connectivity index (χ1v) is 7.10. The summed E-state index contributed by atoms with van der Waals surface area (Å²) in [5.74, 6) is -0.808. The van der Waals surface area contributed by atoms with E-state index < -0.39 is 12.1 Å². The summed E-state index contributed by atoms with van der Waals surface area (Å²) in [4.78, 5) is 10.5. The molecule has 0 bridgehead atoms. The van der Waals surface area contributed by atoms with Crippen LogP contribution in [-0.2, 0) is 17.6 Å². The Morgan fingerprint density at radius 3 is 2.65 bits per heavy atom. The number of carboxylic acid groups (broad SMARTS) is 1. The molecule has 1 atom stereocenters. The lowest BCUT2D eigenvalue weighted by Gasteiger charge is -2.14. The number of carboxylic acids is 1. The number of rotatable bonds is 5. The Kier molecular flexibility index (Phi) is 3.45. The van der Waals surface area contributed by atoms with Crippen molar-refractivity contribution in [3.05, 3.63) is 47.0 Å². The summed E-state index contributed by atoms with van der Waals surface area (Å²) in [5.41, 5.74) is 3.65. The lowest BCUT2D eigenvalue weighted by Crippen LogP contribution is -2.01. The Balaban J connectivity index is 1.91. The van der Waals surface area contributed by atoms with Crippen LogP contribution < -0.4 is 0 Å². The SMILES string of the molecule is O=C(O)CCCC(O)c1ccc2c3c(cccc13)CC2. The molecule has 0 heterocycles. The van der Waals surface area contributed by atoms with Gasteiger partial charge in [0.15, 0.2) is 0 Å². The molecule has 0 amide bonds. The monoisotopic (exact) mass is 270 g/mol. The number of aliphatic hydroxyl groups excluding tert-OH is 1. The summed E-state index contributed by atoms with van der Waals surface area (Å²) in [7, 11) is 0. The summed E-state index contributed by atoms with van der Waals surface area (Å²) in [6, 6.07) is 10.4. The minimum Gasteiger partial charge on any atom is -0.481 e. The molecule has 0 aromatic heterocycles. The molecule has 1 aliphatic rings. The quantitative estimate of drug-likeness (QED) is 0.877. The van der Waals surface area contributed by atoms with Crippen LogP contribution >= 0.6 is 0 Å². The molecule has 2 aromatic rings. The van der Waals surface area contributed by atoms with Gasteiger partial charge in [-0.2, -0.15) is 0 Å². The van der Waals surface area contributed by atoms with Crippen molar-refractivity contribution in [2.75, 3.05) is 0 Å². The van der Waals surface area contributed by atoms with Gasteiger partial charge in [-0.1, -0.05) is 30.3 Å². The van der Waals surface area contributed by atoms with Crippen LogP contribution in [0, 0.1) is 0 Å². The van der Waals surface area contributed by atoms with Crippen molar-refractivity contribution in [2.45, 2.75) is 38.2 Å². The van der Waals surface area contributed by atoms with Crippen LogP contribution in [0.2, 0.25) is 0 Å². The Morgan fingerprint density at radius 1 is 1.15 bits per heavy atom. The summed E-state index contributed by atoms with van der Waals surface area (Å²) in [5, 5.41) is 21.4. The van der Waals surface area contributed by atoms with Crippen molar-refractivity contribution in [1.82, 2.24) is 0 Å². The second kappa shape index (κ2) is 5.25. The van der Waals surface area contributed by atoms with Gasteiger partial charge in [0, 0.05) is 6.42 Å². The maximum Gasteiger partial charge on any atom is 0.303 e. The highest BCUT2D eigenvalue weighted by atomic mass is 16.4. The lowest BCUT2D eigenvalue weighted by atomic mass is 9.94. The number of aliphatic hydroxyl groups is 1. The molecule has 2 aromatic carbocycles. The van der Waals surface area contributed by atoms with E-state index in [4.69, 9.17) is 5.11 Å². The summed E-state index contributed by atoms with van der Waals surface area (Å²) in [6.45, 7) is 0. The molecule has 0 saturated heterocycles. The first kappa shape index (κ1) is 13.1. The van der Waals surface area contributed by atoms with Crippen LogP contribution in [0.25, 0.3) is 10.8 Å². The molecule has 3 nitrogen and oxygen atoms in total. The fraction of sp³-hybridized carbons (Fsp3) is 0.353. The second-order valence-electron chi connectivity index (χ2n) is 5.46. The Labute approximate surface area is 117 Å². The molecule has 3 rings (SSSR count). The van der Waals surface area contributed by atoms with E-state index in [0.29, 0.717) is 12.8 Å². The topological polar surface area (TPSA) is 57.5 Å². The summed E-state index contributed by atoms with van der Waals surface area (Å²) < 4.78 is 0. The number of carbonyl (C=O) groups is 1. The van der Waals surface area contributed by atoms with Gasteiger partial charge < -0.3 is 10.2 Å². The predicted molar refractivity (Wildman–Crippen MR) is 77.8 cm³/mol. The minimum absolute atomic E-state index is 0.109. The fourth-order valence-electron chi connectivity index (χ4n) is 3.16. The summed E-state index contributed by atoms with van der Waals surface area (Å²) >= 11 is 0. The number of aliphatic carboxylic acids is 1. The first-order chi connectivity index (χ1) is 9.66. The highest BCUT2D eigenvalue weighted by molar-refractivity contribution is 5.93. The zero-order valence-corrected chi connectivity index (χ0v) is 11.3. The number of hydrogen-bond donors (Lipinski definition) is 2. The molecule has 0 aliphatic heterocycles. The lowest BCUT2D eigenvalue weighted by molar-refractivity contribution is -0.137. The predicted octanol–water partition coefficient (Wildman–Crippen LogP) is 3.23. The van der Waals surface area contributed by atoms with Crippen LogP contribution in [0.5, 0.6) is 0 Å². The van der Waals surface area contributed by atoms with Gasteiger partial charge in [-0.05, 0) is 53.1 Å². The molecular formula is C17H18O3. The van der Waals surface area contributed by atoms with Gasteiger partial charge in [0.1, 0.15) is 0 Å². The van der Waals surface area contributed by atoms with Crippen LogP contribution in [0.4, 0.5) is 0 Å². The molecular weight excluding hydrogens is 252 g/mol. The van der Waals surface area contributed by atoms with Gasteiger partial charge in [-0.3, -0.25) is 4.79 Å². The van der Waals surface area contributed by atoms with Crippen molar-refractivity contribution in [2.24, 2.45) is 0 Å². The largest absolute Gasteiger partial charge is 0.481 e. The van der Waals surface area contributed by atoms with Gasteiger partial charge in [0.25, 0.3) is 0 Å². The van der Waals surface area contributed by atoms with Gasteiger partial charge in [0.05, 0.1) is 6.10 Å². The molecule has 2 N–H and O–H groups in total. The van der Waals surface area contributed by atoms with Crippen molar-refractivity contribution >= 4 is 16.7 Å². The van der Waals surface area contributed by atoms with Crippen LogP contribution in [0.1, 0.15) is 42.1 Å². The Morgan fingerprint density at radius 2 is 1.90 bits per heavy atom. The van der Waals surface area contributed by atoms with E-state index in [1.54, 1.807) is 0 Å². The number of hydrogen-bond acceptors (Lipinski definition) is 2. The number of aryl methyl sites for hydroxylation is 2. The van der Waals surface area contributed by atoms with Gasteiger partial charge >= 0.3 is 5.97 Å².